The van der Waals surface area contributed by atoms with Gasteiger partial charge in [0.05, 0.1) is 16.7 Å². The summed E-state index contributed by atoms with van der Waals surface area (Å²) in [6.07, 6.45) is 0.248. The van der Waals surface area contributed by atoms with E-state index < -0.39 is 6.10 Å². The molecular weight excluding hydrogens is 252 g/mol. The molecule has 0 bridgehead atoms. The van der Waals surface area contributed by atoms with Gasteiger partial charge in [-0.25, -0.2) is 0 Å². The lowest BCUT2D eigenvalue weighted by Gasteiger charge is -2.15. The van der Waals surface area contributed by atoms with Crippen LogP contribution in [0.4, 0.5) is 0 Å². The predicted molar refractivity (Wildman–Crippen MR) is 69.6 cm³/mol. The summed E-state index contributed by atoms with van der Waals surface area (Å²) in [4.78, 5) is 11.6. The molecule has 0 aliphatic carbocycles. The fraction of sp³-hybridized carbons (Fsp3) is 0.385. The largest absolute Gasteiger partial charge is 0.479 e. The molecule has 1 unspecified atom stereocenters. The summed E-state index contributed by atoms with van der Waals surface area (Å²) in [6, 6.07) is 6.67. The Labute approximate surface area is 112 Å². The normalized spacial score (nSPS) is 11.4. The lowest BCUT2D eigenvalue weighted by molar-refractivity contribution is -0.127. The van der Waals surface area contributed by atoms with Gasteiger partial charge in [-0.1, -0.05) is 18.5 Å². The topological polar surface area (TPSA) is 62.1 Å². The Balaban J connectivity index is 2.67. The Kier molecular flexibility index (Phi) is 5.47. The van der Waals surface area contributed by atoms with Crippen molar-refractivity contribution in [1.82, 2.24) is 5.32 Å². The van der Waals surface area contributed by atoms with Crippen LogP contribution < -0.4 is 10.1 Å². The van der Waals surface area contributed by atoms with Crippen LogP contribution in [-0.4, -0.2) is 18.6 Å². The Hall–Kier alpha value is -1.73. The Bertz CT molecular complexity index is 469. The number of carbonyl (C=O) groups excluding carboxylic acids is 1. The van der Waals surface area contributed by atoms with Crippen LogP contribution in [0.2, 0.25) is 5.02 Å². The fourth-order valence-corrected chi connectivity index (χ4v) is 1.53. The maximum atomic E-state index is 11.6. The molecule has 0 radical (unpaired) electrons. The van der Waals surface area contributed by atoms with Gasteiger partial charge in [0.1, 0.15) is 5.75 Å². The number of ether oxygens (including phenoxy) is 1. The standard InChI is InChI=1S/C13H15ClN2O2/c1-3-6-16-13(17)9(2)18-12-5-4-10(8-15)7-11(12)14/h4-5,7,9H,3,6H2,1-2H3,(H,16,17). The van der Waals surface area contributed by atoms with Crippen molar-refractivity contribution in [2.75, 3.05) is 6.54 Å². The lowest BCUT2D eigenvalue weighted by Crippen LogP contribution is -2.36. The molecule has 18 heavy (non-hydrogen) atoms. The van der Waals surface area contributed by atoms with Crippen molar-refractivity contribution >= 4 is 17.5 Å². The van der Waals surface area contributed by atoms with Gasteiger partial charge in [-0.05, 0) is 31.5 Å². The summed E-state index contributed by atoms with van der Waals surface area (Å²) in [5, 5.41) is 11.8. The van der Waals surface area contributed by atoms with Crippen LogP contribution in [-0.2, 0) is 4.79 Å². The van der Waals surface area contributed by atoms with Crippen LogP contribution in [0.15, 0.2) is 18.2 Å². The van der Waals surface area contributed by atoms with Crippen molar-refractivity contribution in [1.29, 1.82) is 5.26 Å². The van der Waals surface area contributed by atoms with Crippen LogP contribution in [0.3, 0.4) is 0 Å². The number of rotatable bonds is 5. The van der Waals surface area contributed by atoms with Crippen molar-refractivity contribution < 1.29 is 9.53 Å². The van der Waals surface area contributed by atoms with Crippen LogP contribution in [0, 0.1) is 11.3 Å². The van der Waals surface area contributed by atoms with Crippen molar-refractivity contribution in [2.45, 2.75) is 26.4 Å². The minimum Gasteiger partial charge on any atom is -0.479 e. The highest BCUT2D eigenvalue weighted by atomic mass is 35.5. The second-order valence-electron chi connectivity index (χ2n) is 3.81. The molecule has 0 heterocycles. The van der Waals surface area contributed by atoms with E-state index >= 15 is 0 Å². The molecular formula is C13H15ClN2O2. The molecule has 0 saturated heterocycles. The minimum absolute atomic E-state index is 0.183. The van der Waals surface area contributed by atoms with Crippen molar-refractivity contribution in [3.05, 3.63) is 28.8 Å². The van der Waals surface area contributed by atoms with Crippen LogP contribution in [0.25, 0.3) is 0 Å². The van der Waals surface area contributed by atoms with Gasteiger partial charge in [0.15, 0.2) is 6.10 Å². The Morgan fingerprint density at radius 3 is 2.89 bits per heavy atom. The van der Waals surface area contributed by atoms with Crippen LogP contribution in [0.5, 0.6) is 5.75 Å². The van der Waals surface area contributed by atoms with E-state index in [0.717, 1.165) is 6.42 Å². The van der Waals surface area contributed by atoms with Gasteiger partial charge >= 0.3 is 0 Å². The predicted octanol–water partition coefficient (Wildman–Crippen LogP) is 2.51. The number of nitriles is 1. The van der Waals surface area contributed by atoms with E-state index in [2.05, 4.69) is 5.32 Å². The number of hydrogen-bond acceptors (Lipinski definition) is 3. The van der Waals surface area contributed by atoms with Crippen molar-refractivity contribution in [3.8, 4) is 11.8 Å². The first-order valence-corrected chi connectivity index (χ1v) is 6.10. The summed E-state index contributed by atoms with van der Waals surface area (Å²) in [5.41, 5.74) is 0.454. The highest BCUT2D eigenvalue weighted by Crippen LogP contribution is 2.26. The van der Waals surface area contributed by atoms with Gasteiger partial charge in [-0.2, -0.15) is 5.26 Å². The Morgan fingerprint density at radius 2 is 2.33 bits per heavy atom. The zero-order valence-corrected chi connectivity index (χ0v) is 11.1. The number of carbonyl (C=O) groups is 1. The van der Waals surface area contributed by atoms with Crippen molar-refractivity contribution in [2.24, 2.45) is 0 Å². The molecule has 0 aromatic heterocycles. The van der Waals surface area contributed by atoms with Gasteiger partial charge in [0, 0.05) is 6.54 Å². The van der Waals surface area contributed by atoms with Gasteiger partial charge in [-0.3, -0.25) is 4.79 Å². The van der Waals surface area contributed by atoms with Gasteiger partial charge in [-0.15, -0.1) is 0 Å². The first-order valence-electron chi connectivity index (χ1n) is 5.72. The summed E-state index contributed by atoms with van der Waals surface area (Å²) >= 11 is 5.95. The minimum atomic E-state index is -0.623. The number of amides is 1. The fourth-order valence-electron chi connectivity index (χ4n) is 1.30. The first kappa shape index (κ1) is 14.3. The highest BCUT2D eigenvalue weighted by molar-refractivity contribution is 6.32. The summed E-state index contributed by atoms with van der Waals surface area (Å²) in [5.74, 6) is 0.215. The van der Waals surface area contributed by atoms with Gasteiger partial charge < -0.3 is 10.1 Å². The quantitative estimate of drug-likeness (QED) is 0.891. The second kappa shape index (κ2) is 6.87. The van der Waals surface area contributed by atoms with Crippen LogP contribution in [0.1, 0.15) is 25.8 Å². The summed E-state index contributed by atoms with van der Waals surface area (Å²) < 4.78 is 5.45. The molecule has 0 aliphatic rings. The average Bonchev–Trinajstić information content (AvgIpc) is 2.38. The Morgan fingerprint density at radius 1 is 1.61 bits per heavy atom. The van der Waals surface area contributed by atoms with E-state index in [0.29, 0.717) is 22.9 Å². The molecule has 1 rings (SSSR count). The molecule has 5 heteroatoms. The van der Waals surface area contributed by atoms with E-state index in [1.54, 1.807) is 19.1 Å². The third-order valence-electron chi connectivity index (χ3n) is 2.28. The molecule has 0 spiro atoms. The third-order valence-corrected chi connectivity index (χ3v) is 2.58. The highest BCUT2D eigenvalue weighted by Gasteiger charge is 2.15. The van der Waals surface area contributed by atoms with Crippen LogP contribution >= 0.6 is 11.6 Å². The summed E-state index contributed by atoms with van der Waals surface area (Å²) in [7, 11) is 0. The number of nitrogens with one attached hydrogen (secondary N) is 1. The van der Waals surface area contributed by atoms with E-state index in [-0.39, 0.29) is 5.91 Å². The van der Waals surface area contributed by atoms with E-state index in [1.165, 1.54) is 6.07 Å². The molecule has 0 aliphatic heterocycles. The van der Waals surface area contributed by atoms with Gasteiger partial charge in [0.2, 0.25) is 0 Å². The second-order valence-corrected chi connectivity index (χ2v) is 4.22. The van der Waals surface area contributed by atoms with E-state index in [1.807, 2.05) is 13.0 Å². The maximum Gasteiger partial charge on any atom is 0.260 e. The lowest BCUT2D eigenvalue weighted by atomic mass is 10.2. The number of nitrogens with zero attached hydrogens (tertiary/aromatic N) is 1. The van der Waals surface area contributed by atoms with Gasteiger partial charge in [0.25, 0.3) is 5.91 Å². The SMILES string of the molecule is CCCNC(=O)C(C)Oc1ccc(C#N)cc1Cl. The molecule has 1 amide bonds. The third kappa shape index (κ3) is 3.94. The molecule has 4 nitrogen and oxygen atoms in total. The zero-order chi connectivity index (χ0) is 13.5. The monoisotopic (exact) mass is 266 g/mol. The average molecular weight is 267 g/mol. The molecule has 96 valence electrons. The molecule has 1 N–H and O–H groups in total. The number of hydrogen-bond donors (Lipinski definition) is 1. The number of halogens is 1. The molecule has 1 aromatic rings. The molecule has 0 saturated carbocycles. The number of benzene rings is 1. The smallest absolute Gasteiger partial charge is 0.260 e. The zero-order valence-electron chi connectivity index (χ0n) is 10.4. The van der Waals surface area contributed by atoms with E-state index in [9.17, 15) is 4.79 Å². The van der Waals surface area contributed by atoms with Crippen molar-refractivity contribution in [3.63, 3.8) is 0 Å². The molecule has 1 aromatic carbocycles. The summed E-state index contributed by atoms with van der Waals surface area (Å²) in [6.45, 7) is 4.25. The maximum absolute atomic E-state index is 11.6. The first-order chi connectivity index (χ1) is 8.58. The molecule has 0 fully saturated rings. The van der Waals surface area contributed by atoms with E-state index in [4.69, 9.17) is 21.6 Å². The molecule has 1 atom stereocenters.